The van der Waals surface area contributed by atoms with Crippen LogP contribution in [-0.2, 0) is 4.79 Å². The largest absolute Gasteiger partial charge is 0.493 e. The highest BCUT2D eigenvalue weighted by Gasteiger charge is 2.19. The second-order valence-electron chi connectivity index (χ2n) is 7.20. The molecule has 0 saturated carbocycles. The third kappa shape index (κ3) is 5.01. The first-order valence-corrected chi connectivity index (χ1v) is 11.3. The fraction of sp³-hybridized carbons (Fsp3) is 0.160. The Morgan fingerprint density at radius 1 is 0.939 bits per heavy atom. The number of carbonyl (C=O) groups excluding carboxylic acids is 1. The van der Waals surface area contributed by atoms with Crippen LogP contribution in [0.25, 0.3) is 17.1 Å². The van der Waals surface area contributed by atoms with E-state index in [0.717, 1.165) is 22.5 Å². The van der Waals surface area contributed by atoms with E-state index in [1.807, 2.05) is 84.3 Å². The summed E-state index contributed by atoms with van der Waals surface area (Å²) in [5.41, 5.74) is 3.53. The van der Waals surface area contributed by atoms with Crippen molar-refractivity contribution in [2.45, 2.75) is 12.1 Å². The molecule has 4 rings (SSSR count). The Morgan fingerprint density at radius 3 is 2.39 bits per heavy atom. The van der Waals surface area contributed by atoms with Crippen molar-refractivity contribution in [1.29, 1.82) is 0 Å². The summed E-state index contributed by atoms with van der Waals surface area (Å²) in [5, 5.41) is 12.4. The molecular weight excluding hydrogens is 436 g/mol. The molecule has 33 heavy (non-hydrogen) atoms. The number of amides is 1. The number of hydrogen-bond acceptors (Lipinski definition) is 6. The number of methoxy groups -OCH3 is 2. The Kier molecular flexibility index (Phi) is 6.95. The van der Waals surface area contributed by atoms with Crippen LogP contribution >= 0.6 is 11.8 Å². The number of carbonyl (C=O) groups is 1. The predicted molar refractivity (Wildman–Crippen MR) is 130 cm³/mol. The lowest BCUT2D eigenvalue weighted by Crippen LogP contribution is -2.15. The average molecular weight is 461 g/mol. The molecule has 0 spiro atoms. The molecule has 7 nitrogen and oxygen atoms in total. The van der Waals surface area contributed by atoms with E-state index in [-0.39, 0.29) is 11.7 Å². The molecule has 0 aliphatic heterocycles. The van der Waals surface area contributed by atoms with Crippen LogP contribution in [0.15, 0.2) is 78.0 Å². The van der Waals surface area contributed by atoms with Gasteiger partial charge in [-0.1, -0.05) is 48.2 Å². The molecule has 0 fully saturated rings. The van der Waals surface area contributed by atoms with Gasteiger partial charge >= 0.3 is 0 Å². The van der Waals surface area contributed by atoms with Crippen molar-refractivity contribution in [3.63, 3.8) is 0 Å². The third-order valence-corrected chi connectivity index (χ3v) is 5.97. The number of ether oxygens (including phenoxy) is 2. The second kappa shape index (κ2) is 10.2. The van der Waals surface area contributed by atoms with E-state index >= 15 is 0 Å². The minimum Gasteiger partial charge on any atom is -0.493 e. The van der Waals surface area contributed by atoms with Crippen molar-refractivity contribution in [3.05, 3.63) is 78.4 Å². The zero-order chi connectivity index (χ0) is 23.2. The standard InChI is InChI=1S/C25H24N4O3S/c1-17-9-7-8-12-20(17)26-23(30)16-33-25-28-27-24(29(25)19-10-5-4-6-11-19)18-13-14-21(31-2)22(15-18)32-3/h4-15H,16H2,1-3H3,(H,26,30). The van der Waals surface area contributed by atoms with Gasteiger partial charge in [-0.05, 0) is 48.9 Å². The maximum absolute atomic E-state index is 12.6. The highest BCUT2D eigenvalue weighted by Crippen LogP contribution is 2.34. The number of nitrogens with zero attached hydrogens (tertiary/aromatic N) is 3. The molecule has 0 aliphatic rings. The summed E-state index contributed by atoms with van der Waals surface area (Å²) in [7, 11) is 3.19. The third-order valence-electron chi connectivity index (χ3n) is 5.04. The number of anilines is 1. The van der Waals surface area contributed by atoms with Gasteiger partial charge in [-0.2, -0.15) is 0 Å². The van der Waals surface area contributed by atoms with Gasteiger partial charge < -0.3 is 14.8 Å². The molecule has 0 aliphatic carbocycles. The molecule has 1 heterocycles. The van der Waals surface area contributed by atoms with Crippen molar-refractivity contribution in [2.75, 3.05) is 25.3 Å². The van der Waals surface area contributed by atoms with Gasteiger partial charge in [0.15, 0.2) is 22.5 Å². The summed E-state index contributed by atoms with van der Waals surface area (Å²) in [5.74, 6) is 1.97. The van der Waals surface area contributed by atoms with Crippen molar-refractivity contribution >= 4 is 23.4 Å². The number of nitrogens with one attached hydrogen (secondary N) is 1. The van der Waals surface area contributed by atoms with E-state index in [1.165, 1.54) is 11.8 Å². The van der Waals surface area contributed by atoms with Gasteiger partial charge in [0, 0.05) is 16.9 Å². The first-order valence-electron chi connectivity index (χ1n) is 10.3. The number of hydrogen-bond donors (Lipinski definition) is 1. The van der Waals surface area contributed by atoms with Crippen LogP contribution in [0, 0.1) is 6.92 Å². The molecule has 8 heteroatoms. The highest BCUT2D eigenvalue weighted by molar-refractivity contribution is 7.99. The van der Waals surface area contributed by atoms with Gasteiger partial charge in [-0.15, -0.1) is 10.2 Å². The number of aromatic nitrogens is 3. The normalized spacial score (nSPS) is 10.6. The van der Waals surface area contributed by atoms with Gasteiger partial charge in [0.1, 0.15) is 0 Å². The molecular formula is C25H24N4O3S. The van der Waals surface area contributed by atoms with Crippen LogP contribution in [-0.4, -0.2) is 40.6 Å². The van der Waals surface area contributed by atoms with Crippen LogP contribution < -0.4 is 14.8 Å². The number of aryl methyl sites for hydroxylation is 1. The second-order valence-corrected chi connectivity index (χ2v) is 8.14. The molecule has 1 N–H and O–H groups in total. The summed E-state index contributed by atoms with van der Waals surface area (Å²) in [4.78, 5) is 12.6. The summed E-state index contributed by atoms with van der Waals surface area (Å²) in [6.07, 6.45) is 0. The number of thioether (sulfide) groups is 1. The Balaban J connectivity index is 1.63. The number of rotatable bonds is 8. The molecule has 0 radical (unpaired) electrons. The number of benzene rings is 3. The first kappa shape index (κ1) is 22.4. The SMILES string of the molecule is COc1ccc(-c2nnc(SCC(=O)Nc3ccccc3C)n2-c2ccccc2)cc1OC. The molecule has 4 aromatic rings. The molecule has 0 atom stereocenters. The lowest BCUT2D eigenvalue weighted by molar-refractivity contribution is -0.113. The Morgan fingerprint density at radius 2 is 1.67 bits per heavy atom. The summed E-state index contributed by atoms with van der Waals surface area (Å²) < 4.78 is 12.7. The first-order chi connectivity index (χ1) is 16.1. The van der Waals surface area contributed by atoms with E-state index in [0.29, 0.717) is 22.5 Å². The maximum atomic E-state index is 12.6. The van der Waals surface area contributed by atoms with Crippen LogP contribution in [0.4, 0.5) is 5.69 Å². The van der Waals surface area contributed by atoms with Gasteiger partial charge in [0.05, 0.1) is 20.0 Å². The van der Waals surface area contributed by atoms with Crippen LogP contribution in [0.2, 0.25) is 0 Å². The predicted octanol–water partition coefficient (Wildman–Crippen LogP) is 4.99. The number of para-hydroxylation sites is 2. The fourth-order valence-electron chi connectivity index (χ4n) is 3.37. The van der Waals surface area contributed by atoms with Crippen molar-refractivity contribution in [2.24, 2.45) is 0 Å². The molecule has 3 aromatic carbocycles. The summed E-state index contributed by atoms with van der Waals surface area (Å²) >= 11 is 1.33. The van der Waals surface area contributed by atoms with Crippen LogP contribution in [0.3, 0.4) is 0 Å². The molecule has 1 aromatic heterocycles. The van der Waals surface area contributed by atoms with E-state index in [1.54, 1.807) is 14.2 Å². The Bertz CT molecular complexity index is 1260. The highest BCUT2D eigenvalue weighted by atomic mass is 32.2. The topological polar surface area (TPSA) is 78.3 Å². The summed E-state index contributed by atoms with van der Waals surface area (Å²) in [6.45, 7) is 1.96. The minimum absolute atomic E-state index is 0.107. The maximum Gasteiger partial charge on any atom is 0.234 e. The fourth-order valence-corrected chi connectivity index (χ4v) is 4.12. The Hall–Kier alpha value is -3.78. The average Bonchev–Trinajstić information content (AvgIpc) is 3.28. The van der Waals surface area contributed by atoms with E-state index < -0.39 is 0 Å². The molecule has 0 saturated heterocycles. The molecule has 168 valence electrons. The lowest BCUT2D eigenvalue weighted by atomic mass is 10.2. The van der Waals surface area contributed by atoms with E-state index in [9.17, 15) is 4.79 Å². The summed E-state index contributed by atoms with van der Waals surface area (Å²) in [6, 6.07) is 23.1. The monoisotopic (exact) mass is 460 g/mol. The quantitative estimate of drug-likeness (QED) is 0.373. The smallest absolute Gasteiger partial charge is 0.234 e. The van der Waals surface area contributed by atoms with Crippen molar-refractivity contribution < 1.29 is 14.3 Å². The van der Waals surface area contributed by atoms with Crippen LogP contribution in [0.1, 0.15) is 5.56 Å². The van der Waals surface area contributed by atoms with Crippen molar-refractivity contribution in [1.82, 2.24) is 14.8 Å². The van der Waals surface area contributed by atoms with Crippen molar-refractivity contribution in [3.8, 4) is 28.6 Å². The molecule has 0 bridgehead atoms. The van der Waals surface area contributed by atoms with Gasteiger partial charge in [0.2, 0.25) is 5.91 Å². The zero-order valence-electron chi connectivity index (χ0n) is 18.6. The zero-order valence-corrected chi connectivity index (χ0v) is 19.4. The lowest BCUT2D eigenvalue weighted by Gasteiger charge is -2.12. The van der Waals surface area contributed by atoms with Gasteiger partial charge in [-0.25, -0.2) is 0 Å². The van der Waals surface area contributed by atoms with Gasteiger partial charge in [-0.3, -0.25) is 9.36 Å². The van der Waals surface area contributed by atoms with Gasteiger partial charge in [0.25, 0.3) is 0 Å². The van der Waals surface area contributed by atoms with E-state index in [2.05, 4.69) is 15.5 Å². The molecule has 0 unspecified atom stereocenters. The molecule has 1 amide bonds. The van der Waals surface area contributed by atoms with E-state index in [4.69, 9.17) is 9.47 Å². The van der Waals surface area contributed by atoms with Crippen LogP contribution in [0.5, 0.6) is 11.5 Å². The Labute approximate surface area is 196 Å². The minimum atomic E-state index is -0.107.